The predicted octanol–water partition coefficient (Wildman–Crippen LogP) is 3.49. The number of para-hydroxylation sites is 1. The lowest BCUT2D eigenvalue weighted by Gasteiger charge is -2.09. The van der Waals surface area contributed by atoms with E-state index in [0.717, 1.165) is 10.9 Å². The van der Waals surface area contributed by atoms with Crippen LogP contribution in [0.4, 0.5) is 0 Å². The van der Waals surface area contributed by atoms with Crippen molar-refractivity contribution in [3.63, 3.8) is 0 Å². The molecule has 15 heavy (non-hydrogen) atoms. The molecule has 0 saturated carbocycles. The van der Waals surface area contributed by atoms with Crippen molar-refractivity contribution in [2.24, 2.45) is 4.99 Å². The number of hydrogen-bond donors (Lipinski definition) is 1. The van der Waals surface area contributed by atoms with Gasteiger partial charge < -0.3 is 4.98 Å². The minimum absolute atomic E-state index is 0.785. The number of aliphatic imine (C=N–C) groups is 1. The van der Waals surface area contributed by atoms with E-state index in [1.807, 2.05) is 0 Å². The number of aromatic nitrogens is 1. The fourth-order valence-electron chi connectivity index (χ4n) is 1.77. The van der Waals surface area contributed by atoms with Crippen molar-refractivity contribution in [1.29, 1.82) is 0 Å². The van der Waals surface area contributed by atoms with Crippen molar-refractivity contribution in [3.05, 3.63) is 30.0 Å². The average molecular weight is 234 g/mol. The Kier molecular flexibility index (Phi) is 2.25. The Morgan fingerprint density at radius 2 is 2.27 bits per heavy atom. The maximum atomic E-state index is 4.50. The molecular weight excluding hydrogens is 224 g/mol. The van der Waals surface area contributed by atoms with E-state index in [1.165, 1.54) is 21.5 Å². The molecule has 0 atom stereocenters. The summed E-state index contributed by atoms with van der Waals surface area (Å²) in [5.74, 6) is 0. The number of hydrogen-bond acceptors (Lipinski definition) is 3. The summed E-state index contributed by atoms with van der Waals surface area (Å²) >= 11 is 3.50. The highest BCUT2D eigenvalue weighted by atomic mass is 32.2. The Bertz CT molecular complexity index is 543. The van der Waals surface area contributed by atoms with E-state index in [2.05, 4.69) is 40.5 Å². The molecule has 1 aliphatic heterocycles. The molecule has 1 aromatic heterocycles. The Labute approximate surface area is 96.6 Å². The lowest BCUT2D eigenvalue weighted by Crippen LogP contribution is -1.96. The fourth-order valence-corrected chi connectivity index (χ4v) is 3.38. The van der Waals surface area contributed by atoms with Crippen molar-refractivity contribution in [3.8, 4) is 0 Å². The number of nitrogens with one attached hydrogen (secondary N) is 1. The van der Waals surface area contributed by atoms with Crippen LogP contribution in [0.2, 0.25) is 0 Å². The molecule has 1 aromatic carbocycles. The zero-order valence-corrected chi connectivity index (χ0v) is 9.91. The van der Waals surface area contributed by atoms with E-state index in [9.17, 15) is 0 Å². The minimum atomic E-state index is 0.785. The van der Waals surface area contributed by atoms with Crippen molar-refractivity contribution in [2.75, 3.05) is 6.26 Å². The van der Waals surface area contributed by atoms with Gasteiger partial charge in [-0.15, -0.1) is 11.8 Å². The van der Waals surface area contributed by atoms with Gasteiger partial charge in [-0.25, -0.2) is 0 Å². The SMILES string of the molecule is CSC1=NCc2[nH]c3ccccc3c2S1. The lowest BCUT2D eigenvalue weighted by atomic mass is 10.2. The Morgan fingerprint density at radius 1 is 1.40 bits per heavy atom. The molecule has 0 saturated heterocycles. The largest absolute Gasteiger partial charge is 0.356 e. The average Bonchev–Trinajstić information content (AvgIpc) is 2.66. The van der Waals surface area contributed by atoms with E-state index in [-0.39, 0.29) is 0 Å². The van der Waals surface area contributed by atoms with E-state index < -0.39 is 0 Å². The first-order chi connectivity index (χ1) is 7.38. The third-order valence-electron chi connectivity index (χ3n) is 2.46. The van der Waals surface area contributed by atoms with Crippen LogP contribution in [0.5, 0.6) is 0 Å². The number of rotatable bonds is 0. The van der Waals surface area contributed by atoms with Crippen LogP contribution in [0.15, 0.2) is 34.2 Å². The first kappa shape index (κ1) is 9.36. The highest BCUT2D eigenvalue weighted by Gasteiger charge is 2.17. The minimum Gasteiger partial charge on any atom is -0.356 e. The number of H-pyrrole nitrogens is 1. The van der Waals surface area contributed by atoms with Crippen LogP contribution in [-0.4, -0.2) is 15.6 Å². The zero-order valence-electron chi connectivity index (χ0n) is 8.28. The Hall–Kier alpha value is -0.870. The summed E-state index contributed by atoms with van der Waals surface area (Å²) in [6.45, 7) is 0.785. The summed E-state index contributed by atoms with van der Waals surface area (Å²) in [7, 11) is 0. The third kappa shape index (κ3) is 1.48. The van der Waals surface area contributed by atoms with Gasteiger partial charge in [0.15, 0.2) is 0 Å². The summed E-state index contributed by atoms with van der Waals surface area (Å²) in [4.78, 5) is 9.27. The summed E-state index contributed by atoms with van der Waals surface area (Å²) < 4.78 is 1.16. The molecule has 1 N–H and O–H groups in total. The molecule has 0 unspecified atom stereocenters. The Balaban J connectivity index is 2.17. The van der Waals surface area contributed by atoms with Gasteiger partial charge in [-0.2, -0.15) is 0 Å². The van der Waals surface area contributed by atoms with Gasteiger partial charge >= 0.3 is 0 Å². The highest BCUT2D eigenvalue weighted by Crippen LogP contribution is 2.38. The van der Waals surface area contributed by atoms with E-state index in [0.29, 0.717) is 0 Å². The normalized spacial score (nSPS) is 15.1. The summed E-state index contributed by atoms with van der Waals surface area (Å²) in [6.07, 6.45) is 2.08. The number of nitrogens with zero attached hydrogens (tertiary/aromatic N) is 1. The van der Waals surface area contributed by atoms with E-state index in [1.54, 1.807) is 23.5 Å². The van der Waals surface area contributed by atoms with Gasteiger partial charge in [0.05, 0.1) is 12.2 Å². The molecule has 76 valence electrons. The van der Waals surface area contributed by atoms with Gasteiger partial charge in [0, 0.05) is 15.8 Å². The van der Waals surface area contributed by atoms with Crippen molar-refractivity contribution in [1.82, 2.24) is 4.98 Å². The summed E-state index contributed by atoms with van der Waals surface area (Å²) in [5.41, 5.74) is 2.46. The van der Waals surface area contributed by atoms with E-state index >= 15 is 0 Å². The van der Waals surface area contributed by atoms with Gasteiger partial charge in [-0.3, -0.25) is 4.99 Å². The maximum Gasteiger partial charge on any atom is 0.129 e. The molecule has 2 nitrogen and oxygen atoms in total. The van der Waals surface area contributed by atoms with Crippen LogP contribution in [0.3, 0.4) is 0 Å². The van der Waals surface area contributed by atoms with Crippen LogP contribution < -0.4 is 0 Å². The number of thioether (sulfide) groups is 2. The van der Waals surface area contributed by atoms with Crippen LogP contribution in [-0.2, 0) is 6.54 Å². The number of benzene rings is 1. The van der Waals surface area contributed by atoms with Gasteiger partial charge in [-0.05, 0) is 12.3 Å². The molecule has 4 heteroatoms. The fraction of sp³-hybridized carbons (Fsp3) is 0.182. The molecule has 0 amide bonds. The second-order valence-corrected chi connectivity index (χ2v) is 5.42. The monoisotopic (exact) mass is 234 g/mol. The van der Waals surface area contributed by atoms with Crippen LogP contribution in [0.25, 0.3) is 10.9 Å². The molecule has 2 heterocycles. The van der Waals surface area contributed by atoms with E-state index in [4.69, 9.17) is 0 Å². The first-order valence-corrected chi connectivity index (χ1v) is 6.78. The predicted molar refractivity (Wildman–Crippen MR) is 68.8 cm³/mol. The molecule has 0 radical (unpaired) electrons. The number of fused-ring (bicyclic) bond motifs is 3. The van der Waals surface area contributed by atoms with Gasteiger partial charge in [0.25, 0.3) is 0 Å². The van der Waals surface area contributed by atoms with Gasteiger partial charge in [0.2, 0.25) is 0 Å². The molecule has 0 aliphatic carbocycles. The second-order valence-electron chi connectivity index (χ2n) is 3.37. The lowest BCUT2D eigenvalue weighted by molar-refractivity contribution is 0.986. The molecule has 0 fully saturated rings. The van der Waals surface area contributed by atoms with Crippen LogP contribution >= 0.6 is 23.5 Å². The maximum absolute atomic E-state index is 4.50. The second kappa shape index (κ2) is 3.61. The molecule has 3 rings (SSSR count). The standard InChI is InChI=1S/C11H10N2S2/c1-14-11-12-6-9-10(15-11)7-4-2-3-5-8(7)13-9/h2-5,13H,6H2,1H3. The summed E-state index contributed by atoms with van der Waals surface area (Å²) in [5, 5.41) is 1.32. The molecule has 0 bridgehead atoms. The third-order valence-corrected chi connectivity index (χ3v) is 4.66. The van der Waals surface area contributed by atoms with Gasteiger partial charge in [-0.1, -0.05) is 30.0 Å². The smallest absolute Gasteiger partial charge is 0.129 e. The molecule has 2 aromatic rings. The quantitative estimate of drug-likeness (QED) is 0.755. The van der Waals surface area contributed by atoms with Crippen molar-refractivity contribution in [2.45, 2.75) is 11.4 Å². The Morgan fingerprint density at radius 3 is 3.13 bits per heavy atom. The summed E-state index contributed by atoms with van der Waals surface area (Å²) in [6, 6.07) is 8.43. The first-order valence-electron chi connectivity index (χ1n) is 4.74. The van der Waals surface area contributed by atoms with Crippen LogP contribution in [0, 0.1) is 0 Å². The molecular formula is C11H10N2S2. The van der Waals surface area contributed by atoms with Gasteiger partial charge in [0.1, 0.15) is 4.38 Å². The van der Waals surface area contributed by atoms with Crippen molar-refractivity contribution < 1.29 is 0 Å². The van der Waals surface area contributed by atoms with Crippen LogP contribution in [0.1, 0.15) is 5.69 Å². The highest BCUT2D eigenvalue weighted by molar-refractivity contribution is 8.38. The number of aromatic amines is 1. The zero-order chi connectivity index (χ0) is 10.3. The molecule has 1 aliphatic rings. The molecule has 0 spiro atoms. The van der Waals surface area contributed by atoms with Crippen molar-refractivity contribution >= 4 is 38.8 Å². The topological polar surface area (TPSA) is 28.1 Å².